The third-order valence-corrected chi connectivity index (χ3v) is 2.87. The van der Waals surface area contributed by atoms with Gasteiger partial charge in [-0.3, -0.25) is 0 Å². The van der Waals surface area contributed by atoms with Crippen LogP contribution in [0.3, 0.4) is 0 Å². The molecule has 17 heavy (non-hydrogen) atoms. The Kier molecular flexibility index (Phi) is 3.87. The predicted octanol–water partition coefficient (Wildman–Crippen LogP) is 4.02. The van der Waals surface area contributed by atoms with E-state index in [0.29, 0.717) is 5.02 Å². The minimum Gasteiger partial charge on any atom is -0.355 e. The van der Waals surface area contributed by atoms with E-state index in [1.807, 2.05) is 48.3 Å². The van der Waals surface area contributed by atoms with E-state index in [0.717, 1.165) is 22.9 Å². The summed E-state index contributed by atoms with van der Waals surface area (Å²) in [6.07, 6.45) is 1.64. The SMILES string of the molecule is CN(Cc1cccc(Cl)c1)c1ccc(Cl)cn1. The lowest BCUT2D eigenvalue weighted by molar-refractivity contribution is 0.898. The molecule has 1 aromatic carbocycles. The highest BCUT2D eigenvalue weighted by Gasteiger charge is 2.03. The number of nitrogens with zero attached hydrogens (tertiary/aromatic N) is 2. The molecule has 0 saturated carbocycles. The largest absolute Gasteiger partial charge is 0.355 e. The van der Waals surface area contributed by atoms with E-state index < -0.39 is 0 Å². The number of anilines is 1. The highest BCUT2D eigenvalue weighted by atomic mass is 35.5. The third kappa shape index (κ3) is 3.35. The van der Waals surface area contributed by atoms with Gasteiger partial charge in [-0.05, 0) is 29.8 Å². The molecule has 1 aromatic heterocycles. The molecule has 2 aromatic rings. The zero-order valence-corrected chi connectivity index (χ0v) is 10.9. The molecule has 2 nitrogen and oxygen atoms in total. The van der Waals surface area contributed by atoms with Crippen LogP contribution in [-0.2, 0) is 6.54 Å². The van der Waals surface area contributed by atoms with Gasteiger partial charge in [-0.1, -0.05) is 35.3 Å². The average Bonchev–Trinajstić information content (AvgIpc) is 2.29. The number of hydrogen-bond acceptors (Lipinski definition) is 2. The van der Waals surface area contributed by atoms with Crippen LogP contribution in [0.15, 0.2) is 42.6 Å². The Bertz CT molecular complexity index is 497. The summed E-state index contributed by atoms with van der Waals surface area (Å²) in [7, 11) is 1.98. The first-order valence-corrected chi connectivity index (χ1v) is 5.98. The molecule has 0 amide bonds. The van der Waals surface area contributed by atoms with Crippen molar-refractivity contribution >= 4 is 29.0 Å². The fraction of sp³-hybridized carbons (Fsp3) is 0.154. The molecule has 0 aliphatic carbocycles. The van der Waals surface area contributed by atoms with Gasteiger partial charge in [0.05, 0.1) is 5.02 Å². The molecule has 0 bridgehead atoms. The minimum atomic E-state index is 0.643. The van der Waals surface area contributed by atoms with Gasteiger partial charge in [0.2, 0.25) is 0 Å². The molecule has 88 valence electrons. The van der Waals surface area contributed by atoms with Crippen molar-refractivity contribution in [2.24, 2.45) is 0 Å². The maximum atomic E-state index is 5.94. The molecule has 0 radical (unpaired) electrons. The monoisotopic (exact) mass is 266 g/mol. The van der Waals surface area contributed by atoms with Crippen LogP contribution in [0.25, 0.3) is 0 Å². The standard InChI is InChI=1S/C13H12Cl2N2/c1-17(13-6-5-12(15)8-16-13)9-10-3-2-4-11(14)7-10/h2-8H,9H2,1H3. The van der Waals surface area contributed by atoms with Crippen LogP contribution in [0.1, 0.15) is 5.56 Å². The molecule has 0 aliphatic rings. The molecule has 0 atom stereocenters. The maximum absolute atomic E-state index is 5.94. The Morgan fingerprint density at radius 1 is 1.12 bits per heavy atom. The van der Waals surface area contributed by atoms with Gasteiger partial charge in [0.1, 0.15) is 5.82 Å². The lowest BCUT2D eigenvalue weighted by Gasteiger charge is -2.18. The molecule has 4 heteroatoms. The minimum absolute atomic E-state index is 0.643. The van der Waals surface area contributed by atoms with Crippen LogP contribution < -0.4 is 4.90 Å². The van der Waals surface area contributed by atoms with Crippen LogP contribution in [0.5, 0.6) is 0 Å². The van der Waals surface area contributed by atoms with Gasteiger partial charge in [0.15, 0.2) is 0 Å². The van der Waals surface area contributed by atoms with Crippen molar-refractivity contribution in [3.05, 3.63) is 58.2 Å². The second kappa shape index (κ2) is 5.39. The lowest BCUT2D eigenvalue weighted by Crippen LogP contribution is -2.17. The van der Waals surface area contributed by atoms with Gasteiger partial charge in [-0.15, -0.1) is 0 Å². The van der Waals surface area contributed by atoms with Crippen LogP contribution in [0.4, 0.5) is 5.82 Å². The average molecular weight is 267 g/mol. The summed E-state index contributed by atoms with van der Waals surface area (Å²) in [6.45, 7) is 0.759. The zero-order valence-electron chi connectivity index (χ0n) is 9.40. The van der Waals surface area contributed by atoms with Gasteiger partial charge >= 0.3 is 0 Å². The topological polar surface area (TPSA) is 16.1 Å². The number of pyridine rings is 1. The van der Waals surface area contributed by atoms with Crippen molar-refractivity contribution in [3.63, 3.8) is 0 Å². The second-order valence-electron chi connectivity index (χ2n) is 3.82. The van der Waals surface area contributed by atoms with Gasteiger partial charge in [-0.2, -0.15) is 0 Å². The molecule has 0 spiro atoms. The van der Waals surface area contributed by atoms with E-state index >= 15 is 0 Å². The molecule has 0 aliphatic heterocycles. The first kappa shape index (κ1) is 12.2. The quantitative estimate of drug-likeness (QED) is 0.834. The van der Waals surface area contributed by atoms with E-state index in [4.69, 9.17) is 23.2 Å². The Morgan fingerprint density at radius 2 is 1.94 bits per heavy atom. The van der Waals surface area contributed by atoms with E-state index in [9.17, 15) is 0 Å². The number of halogens is 2. The summed E-state index contributed by atoms with van der Waals surface area (Å²) < 4.78 is 0. The van der Waals surface area contributed by atoms with E-state index in [2.05, 4.69) is 4.98 Å². The van der Waals surface area contributed by atoms with Crippen molar-refractivity contribution in [1.82, 2.24) is 4.98 Å². The normalized spacial score (nSPS) is 10.3. The molecule has 0 N–H and O–H groups in total. The van der Waals surface area contributed by atoms with Crippen molar-refractivity contribution < 1.29 is 0 Å². The predicted molar refractivity (Wildman–Crippen MR) is 72.8 cm³/mol. The Labute approximate surface area is 111 Å². The smallest absolute Gasteiger partial charge is 0.128 e. The van der Waals surface area contributed by atoms with E-state index in [1.165, 1.54) is 0 Å². The summed E-state index contributed by atoms with van der Waals surface area (Å²) in [5.41, 5.74) is 1.15. The van der Waals surface area contributed by atoms with Crippen LogP contribution in [0.2, 0.25) is 10.0 Å². The third-order valence-electron chi connectivity index (χ3n) is 2.41. The Hall–Kier alpha value is -1.25. The second-order valence-corrected chi connectivity index (χ2v) is 4.69. The van der Waals surface area contributed by atoms with Crippen molar-refractivity contribution in [3.8, 4) is 0 Å². The molecule has 0 unspecified atom stereocenters. The summed E-state index contributed by atoms with van der Waals surface area (Å²) in [5, 5.41) is 1.39. The molecule has 0 saturated heterocycles. The lowest BCUT2D eigenvalue weighted by atomic mass is 10.2. The van der Waals surface area contributed by atoms with Gasteiger partial charge in [0, 0.05) is 24.8 Å². The van der Waals surface area contributed by atoms with Gasteiger partial charge in [0.25, 0.3) is 0 Å². The maximum Gasteiger partial charge on any atom is 0.128 e. The zero-order chi connectivity index (χ0) is 12.3. The molecular formula is C13H12Cl2N2. The van der Waals surface area contributed by atoms with E-state index in [1.54, 1.807) is 6.20 Å². The summed E-state index contributed by atoms with van der Waals surface area (Å²) in [4.78, 5) is 6.30. The Morgan fingerprint density at radius 3 is 2.59 bits per heavy atom. The number of aromatic nitrogens is 1. The van der Waals surface area contributed by atoms with Crippen molar-refractivity contribution in [2.75, 3.05) is 11.9 Å². The first-order valence-electron chi connectivity index (χ1n) is 5.22. The van der Waals surface area contributed by atoms with E-state index in [-0.39, 0.29) is 0 Å². The summed E-state index contributed by atoms with van der Waals surface area (Å²) in [5.74, 6) is 0.884. The summed E-state index contributed by atoms with van der Waals surface area (Å²) >= 11 is 11.7. The summed E-state index contributed by atoms with van der Waals surface area (Å²) in [6, 6.07) is 11.5. The Balaban J connectivity index is 2.11. The number of rotatable bonds is 3. The van der Waals surface area contributed by atoms with Gasteiger partial charge < -0.3 is 4.90 Å². The molecule has 1 heterocycles. The number of hydrogen-bond donors (Lipinski definition) is 0. The molecular weight excluding hydrogens is 255 g/mol. The molecule has 2 rings (SSSR count). The van der Waals surface area contributed by atoms with Crippen molar-refractivity contribution in [2.45, 2.75) is 6.54 Å². The van der Waals surface area contributed by atoms with Crippen LogP contribution in [0, 0.1) is 0 Å². The fourth-order valence-corrected chi connectivity index (χ4v) is 1.91. The van der Waals surface area contributed by atoms with Crippen LogP contribution in [-0.4, -0.2) is 12.0 Å². The number of benzene rings is 1. The first-order chi connectivity index (χ1) is 8.15. The van der Waals surface area contributed by atoms with Gasteiger partial charge in [-0.25, -0.2) is 4.98 Å². The highest BCUT2D eigenvalue weighted by molar-refractivity contribution is 6.30. The fourth-order valence-electron chi connectivity index (χ4n) is 1.58. The molecule has 0 fully saturated rings. The van der Waals surface area contributed by atoms with Crippen molar-refractivity contribution in [1.29, 1.82) is 0 Å². The highest BCUT2D eigenvalue weighted by Crippen LogP contribution is 2.17. The van der Waals surface area contributed by atoms with Crippen LogP contribution >= 0.6 is 23.2 Å².